The first-order valence-electron chi connectivity index (χ1n) is 6.69. The average Bonchev–Trinajstić information content (AvgIpc) is 2.73. The van der Waals surface area contributed by atoms with E-state index in [1.165, 1.54) is 24.3 Å². The van der Waals surface area contributed by atoms with Gasteiger partial charge in [0.25, 0.3) is 0 Å². The second-order valence-electron chi connectivity index (χ2n) is 5.08. The fourth-order valence-corrected chi connectivity index (χ4v) is 4.00. The van der Waals surface area contributed by atoms with Gasteiger partial charge in [0, 0.05) is 15.8 Å². The number of aryl methyl sites for hydroxylation is 1. The van der Waals surface area contributed by atoms with Gasteiger partial charge in [-0.2, -0.15) is 0 Å². The number of rotatable bonds is 4. The molecule has 0 aromatic carbocycles. The molecule has 2 heterocycles. The van der Waals surface area contributed by atoms with Crippen LogP contribution in [0.3, 0.4) is 0 Å². The summed E-state index contributed by atoms with van der Waals surface area (Å²) in [6, 6.07) is 5.21. The summed E-state index contributed by atoms with van der Waals surface area (Å²) >= 11 is 1.97. The van der Waals surface area contributed by atoms with Gasteiger partial charge in [-0.3, -0.25) is 4.90 Å². The molecule has 1 aromatic rings. The number of nitrogens with zero attached hydrogens (tertiary/aromatic N) is 1. The predicted molar refractivity (Wildman–Crippen MR) is 75.7 cm³/mol. The lowest BCUT2D eigenvalue weighted by atomic mass is 9.88. The molecular formula is C14H24N2S. The summed E-state index contributed by atoms with van der Waals surface area (Å²) in [6.07, 6.45) is 2.70. The number of hydrogen-bond acceptors (Lipinski definition) is 3. The minimum Gasteiger partial charge on any atom is -0.317 e. The summed E-state index contributed by atoms with van der Waals surface area (Å²) in [7, 11) is 2.28. The first kappa shape index (κ1) is 13.1. The normalized spacial score (nSPS) is 26.3. The van der Waals surface area contributed by atoms with Crippen LogP contribution >= 0.6 is 11.3 Å². The van der Waals surface area contributed by atoms with Crippen LogP contribution < -0.4 is 5.32 Å². The zero-order chi connectivity index (χ0) is 12.3. The van der Waals surface area contributed by atoms with E-state index in [2.05, 4.69) is 43.2 Å². The fourth-order valence-electron chi connectivity index (χ4n) is 2.87. The van der Waals surface area contributed by atoms with E-state index < -0.39 is 0 Å². The molecule has 96 valence electrons. The first-order chi connectivity index (χ1) is 8.22. The second-order valence-corrected chi connectivity index (χ2v) is 6.40. The highest BCUT2D eigenvalue weighted by molar-refractivity contribution is 7.12. The molecule has 0 aliphatic carbocycles. The highest BCUT2D eigenvalue weighted by Gasteiger charge is 2.30. The summed E-state index contributed by atoms with van der Waals surface area (Å²) < 4.78 is 0. The zero-order valence-corrected chi connectivity index (χ0v) is 12.0. The van der Waals surface area contributed by atoms with E-state index >= 15 is 0 Å². The summed E-state index contributed by atoms with van der Waals surface area (Å²) in [5.41, 5.74) is 0. The highest BCUT2D eigenvalue weighted by Crippen LogP contribution is 2.37. The van der Waals surface area contributed by atoms with E-state index in [0.717, 1.165) is 19.0 Å². The Hall–Kier alpha value is -0.380. The van der Waals surface area contributed by atoms with Gasteiger partial charge in [-0.05, 0) is 64.5 Å². The topological polar surface area (TPSA) is 15.3 Å². The molecule has 0 amide bonds. The molecule has 1 saturated heterocycles. The average molecular weight is 252 g/mol. The second kappa shape index (κ2) is 5.98. The number of hydrogen-bond donors (Lipinski definition) is 1. The number of nitrogens with one attached hydrogen (secondary N) is 1. The van der Waals surface area contributed by atoms with Crippen molar-refractivity contribution in [1.29, 1.82) is 0 Å². The van der Waals surface area contributed by atoms with Crippen molar-refractivity contribution in [2.45, 2.75) is 32.7 Å². The minimum atomic E-state index is 0.626. The maximum absolute atomic E-state index is 3.52. The van der Waals surface area contributed by atoms with Gasteiger partial charge in [0.05, 0.1) is 0 Å². The largest absolute Gasteiger partial charge is 0.317 e. The van der Waals surface area contributed by atoms with Gasteiger partial charge in [0.1, 0.15) is 0 Å². The van der Waals surface area contributed by atoms with Crippen LogP contribution in [0, 0.1) is 12.8 Å². The van der Waals surface area contributed by atoms with Crippen molar-refractivity contribution < 1.29 is 0 Å². The smallest absolute Gasteiger partial charge is 0.0478 e. The van der Waals surface area contributed by atoms with Crippen LogP contribution in [0.15, 0.2) is 12.1 Å². The Kier molecular flexibility index (Phi) is 4.60. The molecule has 0 saturated carbocycles. The SMILES string of the molecule is CCNCC1CCCN(C)C1c1ccc(C)s1. The third-order valence-electron chi connectivity index (χ3n) is 3.72. The van der Waals surface area contributed by atoms with E-state index in [1.807, 2.05) is 11.3 Å². The molecule has 17 heavy (non-hydrogen) atoms. The Balaban J connectivity index is 2.12. The van der Waals surface area contributed by atoms with Gasteiger partial charge in [0.2, 0.25) is 0 Å². The number of likely N-dealkylation sites (tertiary alicyclic amines) is 1. The Morgan fingerprint density at radius 3 is 2.94 bits per heavy atom. The molecule has 2 unspecified atom stereocenters. The summed E-state index contributed by atoms with van der Waals surface area (Å²) in [4.78, 5) is 5.52. The van der Waals surface area contributed by atoms with Crippen molar-refractivity contribution in [3.8, 4) is 0 Å². The van der Waals surface area contributed by atoms with Crippen LogP contribution in [0.25, 0.3) is 0 Å². The molecule has 1 N–H and O–H groups in total. The van der Waals surface area contributed by atoms with E-state index in [-0.39, 0.29) is 0 Å². The lowest BCUT2D eigenvalue weighted by Gasteiger charge is -2.39. The molecule has 0 bridgehead atoms. The zero-order valence-electron chi connectivity index (χ0n) is 11.2. The number of piperidine rings is 1. The van der Waals surface area contributed by atoms with Gasteiger partial charge >= 0.3 is 0 Å². The minimum absolute atomic E-state index is 0.626. The monoisotopic (exact) mass is 252 g/mol. The van der Waals surface area contributed by atoms with E-state index in [0.29, 0.717) is 6.04 Å². The maximum Gasteiger partial charge on any atom is 0.0478 e. The fraction of sp³-hybridized carbons (Fsp3) is 0.714. The molecule has 1 fully saturated rings. The van der Waals surface area contributed by atoms with Crippen molar-refractivity contribution in [1.82, 2.24) is 10.2 Å². The van der Waals surface area contributed by atoms with Gasteiger partial charge in [-0.1, -0.05) is 6.92 Å². The molecule has 1 aliphatic rings. The van der Waals surface area contributed by atoms with E-state index in [4.69, 9.17) is 0 Å². The van der Waals surface area contributed by atoms with Crippen molar-refractivity contribution in [3.05, 3.63) is 21.9 Å². The van der Waals surface area contributed by atoms with Crippen molar-refractivity contribution in [3.63, 3.8) is 0 Å². The standard InChI is InChI=1S/C14H24N2S/c1-4-15-10-12-6-5-9-16(3)14(12)13-8-7-11(2)17-13/h7-8,12,14-15H,4-6,9-10H2,1-3H3. The third-order valence-corrected chi connectivity index (χ3v) is 4.79. The van der Waals surface area contributed by atoms with E-state index in [9.17, 15) is 0 Å². The quantitative estimate of drug-likeness (QED) is 0.886. The summed E-state index contributed by atoms with van der Waals surface area (Å²) in [6.45, 7) is 7.87. The van der Waals surface area contributed by atoms with Crippen molar-refractivity contribution >= 4 is 11.3 Å². The number of thiophene rings is 1. The Morgan fingerprint density at radius 1 is 1.47 bits per heavy atom. The summed E-state index contributed by atoms with van der Waals surface area (Å²) in [5, 5.41) is 3.52. The molecule has 1 aromatic heterocycles. The molecular weight excluding hydrogens is 228 g/mol. The van der Waals surface area contributed by atoms with Gasteiger partial charge in [-0.15, -0.1) is 11.3 Å². The van der Waals surface area contributed by atoms with E-state index in [1.54, 1.807) is 4.88 Å². The van der Waals surface area contributed by atoms with Crippen molar-refractivity contribution in [2.75, 3.05) is 26.7 Å². The van der Waals surface area contributed by atoms with Crippen LogP contribution in [-0.2, 0) is 0 Å². The van der Waals surface area contributed by atoms with Crippen LogP contribution in [0.2, 0.25) is 0 Å². The lowest BCUT2D eigenvalue weighted by molar-refractivity contribution is 0.122. The molecule has 3 heteroatoms. The van der Waals surface area contributed by atoms with Gasteiger partial charge in [-0.25, -0.2) is 0 Å². The van der Waals surface area contributed by atoms with Crippen molar-refractivity contribution in [2.24, 2.45) is 5.92 Å². The lowest BCUT2D eigenvalue weighted by Crippen LogP contribution is -2.40. The van der Waals surface area contributed by atoms with Crippen LogP contribution in [0.1, 0.15) is 35.6 Å². The Morgan fingerprint density at radius 2 is 2.29 bits per heavy atom. The molecule has 0 spiro atoms. The van der Waals surface area contributed by atoms with Gasteiger partial charge in [0.15, 0.2) is 0 Å². The Bertz CT molecular complexity index is 348. The molecule has 0 radical (unpaired) electrons. The first-order valence-corrected chi connectivity index (χ1v) is 7.51. The molecule has 2 rings (SSSR count). The molecule has 2 atom stereocenters. The van der Waals surface area contributed by atoms with Gasteiger partial charge < -0.3 is 5.32 Å². The van der Waals surface area contributed by atoms with Crippen LogP contribution in [0.5, 0.6) is 0 Å². The third kappa shape index (κ3) is 3.09. The summed E-state index contributed by atoms with van der Waals surface area (Å²) in [5.74, 6) is 0.770. The Labute approximate surface area is 109 Å². The molecule has 1 aliphatic heterocycles. The molecule has 2 nitrogen and oxygen atoms in total. The highest BCUT2D eigenvalue weighted by atomic mass is 32.1. The predicted octanol–water partition coefficient (Wildman–Crippen LogP) is 3.05. The van der Waals surface area contributed by atoms with Crippen LogP contribution in [0.4, 0.5) is 0 Å². The van der Waals surface area contributed by atoms with Crippen LogP contribution in [-0.4, -0.2) is 31.6 Å². The maximum atomic E-state index is 3.52.